The Balaban J connectivity index is 2.43. The number of carbonyl (C=O) groups is 1. The Morgan fingerprint density at radius 1 is 1.18 bits per heavy atom. The first-order chi connectivity index (χ1) is 10.5. The van der Waals surface area contributed by atoms with Gasteiger partial charge in [-0.2, -0.15) is 0 Å². The summed E-state index contributed by atoms with van der Waals surface area (Å²) in [6.45, 7) is 2.16. The van der Waals surface area contributed by atoms with Crippen LogP contribution in [0.1, 0.15) is 30.4 Å². The lowest BCUT2D eigenvalue weighted by molar-refractivity contribution is -0.143. The third kappa shape index (κ3) is 4.25. The quantitative estimate of drug-likeness (QED) is 0.588. The van der Waals surface area contributed by atoms with Gasteiger partial charge in [0, 0.05) is 10.4 Å². The smallest absolute Gasteiger partial charge is 0.306 e. The molecule has 0 aliphatic carbocycles. The molecular weight excluding hydrogens is 387 g/mol. The molecule has 5 heteroatoms. The summed E-state index contributed by atoms with van der Waals surface area (Å²) in [5, 5.41) is 0.965. The van der Waals surface area contributed by atoms with Crippen molar-refractivity contribution in [2.45, 2.75) is 19.3 Å². The van der Waals surface area contributed by atoms with Crippen molar-refractivity contribution in [3.8, 4) is 0 Å². The molecule has 0 spiro atoms. The molecule has 1 unspecified atom stereocenters. The number of benzene rings is 2. The molecule has 0 fully saturated rings. The number of esters is 1. The number of ether oxygens (including phenoxy) is 1. The van der Waals surface area contributed by atoms with Crippen LogP contribution >= 0.6 is 39.1 Å². The van der Waals surface area contributed by atoms with Crippen LogP contribution in [0, 0.1) is 0 Å². The zero-order valence-electron chi connectivity index (χ0n) is 12.0. The van der Waals surface area contributed by atoms with Gasteiger partial charge in [-0.25, -0.2) is 0 Å². The fourth-order valence-corrected chi connectivity index (χ4v) is 3.15. The molecule has 1 atom stereocenters. The topological polar surface area (TPSA) is 26.3 Å². The van der Waals surface area contributed by atoms with E-state index in [4.69, 9.17) is 27.9 Å². The molecule has 0 radical (unpaired) electrons. The lowest BCUT2D eigenvalue weighted by Crippen LogP contribution is -2.12. The van der Waals surface area contributed by atoms with Crippen molar-refractivity contribution in [2.24, 2.45) is 0 Å². The van der Waals surface area contributed by atoms with Gasteiger partial charge in [-0.1, -0.05) is 63.4 Å². The molecule has 116 valence electrons. The highest BCUT2D eigenvalue weighted by Crippen LogP contribution is 2.36. The van der Waals surface area contributed by atoms with E-state index < -0.39 is 0 Å². The minimum atomic E-state index is -0.241. The van der Waals surface area contributed by atoms with Gasteiger partial charge in [0.1, 0.15) is 0 Å². The Labute approximate surface area is 148 Å². The number of hydrogen-bond donors (Lipinski definition) is 0. The molecule has 0 aliphatic heterocycles. The standard InChI is InChI=1S/C17H15BrCl2O2/c1-2-22-17(21)10-13(12-5-3-4-6-14(12)18)11-7-8-15(19)16(20)9-11/h3-9,13H,2,10H2,1H3. The van der Waals surface area contributed by atoms with Crippen LogP contribution in [0.2, 0.25) is 10.0 Å². The van der Waals surface area contributed by atoms with Gasteiger partial charge in [0.15, 0.2) is 0 Å². The first-order valence-electron chi connectivity index (χ1n) is 6.88. The van der Waals surface area contributed by atoms with E-state index >= 15 is 0 Å². The molecule has 0 heterocycles. The van der Waals surface area contributed by atoms with E-state index in [0.29, 0.717) is 16.7 Å². The molecule has 0 N–H and O–H groups in total. The first-order valence-corrected chi connectivity index (χ1v) is 8.42. The summed E-state index contributed by atoms with van der Waals surface area (Å²) in [5.74, 6) is -0.390. The van der Waals surface area contributed by atoms with Gasteiger partial charge in [0.25, 0.3) is 0 Å². The second kappa shape index (κ2) is 8.00. The second-order valence-corrected chi connectivity index (χ2v) is 6.43. The Bertz CT molecular complexity index is 673. The Kier molecular flexibility index (Phi) is 6.30. The summed E-state index contributed by atoms with van der Waals surface area (Å²) in [4.78, 5) is 12.0. The second-order valence-electron chi connectivity index (χ2n) is 4.76. The summed E-state index contributed by atoms with van der Waals surface area (Å²) < 4.78 is 6.04. The molecule has 0 amide bonds. The summed E-state index contributed by atoms with van der Waals surface area (Å²) in [7, 11) is 0. The van der Waals surface area contributed by atoms with Gasteiger partial charge in [-0.3, -0.25) is 4.79 Å². The van der Waals surface area contributed by atoms with E-state index in [1.807, 2.05) is 30.3 Å². The van der Waals surface area contributed by atoms with Crippen LogP contribution in [0.3, 0.4) is 0 Å². The summed E-state index contributed by atoms with van der Waals surface area (Å²) in [6, 6.07) is 13.2. The van der Waals surface area contributed by atoms with Gasteiger partial charge in [-0.15, -0.1) is 0 Å². The van der Waals surface area contributed by atoms with E-state index in [-0.39, 0.29) is 18.3 Å². The third-order valence-corrected chi connectivity index (χ3v) is 4.76. The molecule has 2 aromatic carbocycles. The minimum absolute atomic E-state index is 0.149. The van der Waals surface area contributed by atoms with Crippen LogP contribution in [0.4, 0.5) is 0 Å². The number of halogens is 3. The van der Waals surface area contributed by atoms with Crippen molar-refractivity contribution in [2.75, 3.05) is 6.61 Å². The fourth-order valence-electron chi connectivity index (χ4n) is 2.28. The van der Waals surface area contributed by atoms with Gasteiger partial charge < -0.3 is 4.74 Å². The Hall–Kier alpha value is -1.03. The minimum Gasteiger partial charge on any atom is -0.466 e. The van der Waals surface area contributed by atoms with E-state index in [1.165, 1.54) is 0 Å². The molecule has 22 heavy (non-hydrogen) atoms. The van der Waals surface area contributed by atoms with Gasteiger partial charge >= 0.3 is 5.97 Å². The number of hydrogen-bond acceptors (Lipinski definition) is 2. The molecule has 0 aromatic heterocycles. The molecule has 2 rings (SSSR count). The average Bonchev–Trinajstić information content (AvgIpc) is 2.49. The van der Waals surface area contributed by atoms with Gasteiger partial charge in [0.05, 0.1) is 23.1 Å². The van der Waals surface area contributed by atoms with Crippen molar-refractivity contribution in [3.05, 3.63) is 68.1 Å². The largest absolute Gasteiger partial charge is 0.466 e. The summed E-state index contributed by atoms with van der Waals surface area (Å²) in [5.41, 5.74) is 1.93. The molecule has 2 nitrogen and oxygen atoms in total. The zero-order valence-corrected chi connectivity index (χ0v) is 15.1. The SMILES string of the molecule is CCOC(=O)CC(c1ccc(Cl)c(Cl)c1)c1ccccc1Br. The molecule has 2 aromatic rings. The highest BCUT2D eigenvalue weighted by atomic mass is 79.9. The van der Waals surface area contributed by atoms with Crippen molar-refractivity contribution in [1.82, 2.24) is 0 Å². The Morgan fingerprint density at radius 3 is 2.55 bits per heavy atom. The van der Waals surface area contributed by atoms with E-state index in [1.54, 1.807) is 19.1 Å². The van der Waals surface area contributed by atoms with E-state index in [9.17, 15) is 4.79 Å². The number of rotatable bonds is 5. The average molecular weight is 402 g/mol. The van der Waals surface area contributed by atoms with Crippen LogP contribution in [-0.4, -0.2) is 12.6 Å². The fraction of sp³-hybridized carbons (Fsp3) is 0.235. The highest BCUT2D eigenvalue weighted by molar-refractivity contribution is 9.10. The maximum absolute atomic E-state index is 12.0. The van der Waals surface area contributed by atoms with Gasteiger partial charge in [0.2, 0.25) is 0 Å². The zero-order chi connectivity index (χ0) is 16.1. The van der Waals surface area contributed by atoms with Crippen LogP contribution < -0.4 is 0 Å². The van der Waals surface area contributed by atoms with Crippen molar-refractivity contribution in [3.63, 3.8) is 0 Å². The highest BCUT2D eigenvalue weighted by Gasteiger charge is 2.21. The van der Waals surface area contributed by atoms with Gasteiger partial charge in [-0.05, 0) is 36.2 Å². The normalized spacial score (nSPS) is 12.0. The van der Waals surface area contributed by atoms with Crippen molar-refractivity contribution in [1.29, 1.82) is 0 Å². The lowest BCUT2D eigenvalue weighted by Gasteiger charge is -2.19. The van der Waals surface area contributed by atoms with Crippen LogP contribution in [-0.2, 0) is 9.53 Å². The van der Waals surface area contributed by atoms with Crippen LogP contribution in [0.15, 0.2) is 46.9 Å². The van der Waals surface area contributed by atoms with Crippen molar-refractivity contribution >= 4 is 45.1 Å². The van der Waals surface area contributed by atoms with E-state index in [0.717, 1.165) is 15.6 Å². The molecule has 0 saturated heterocycles. The monoisotopic (exact) mass is 400 g/mol. The summed E-state index contributed by atoms with van der Waals surface area (Å²) >= 11 is 15.7. The summed E-state index contributed by atoms with van der Waals surface area (Å²) in [6.07, 6.45) is 0.244. The molecular formula is C17H15BrCl2O2. The predicted molar refractivity (Wildman–Crippen MR) is 93.7 cm³/mol. The Morgan fingerprint density at radius 2 is 1.91 bits per heavy atom. The predicted octanol–water partition coefficient (Wildman–Crippen LogP) is 5.84. The third-order valence-electron chi connectivity index (χ3n) is 3.30. The van der Waals surface area contributed by atoms with Crippen LogP contribution in [0.5, 0.6) is 0 Å². The molecule has 0 bridgehead atoms. The molecule has 0 saturated carbocycles. The maximum Gasteiger partial charge on any atom is 0.306 e. The first kappa shape index (κ1) is 17.3. The molecule has 0 aliphatic rings. The number of carbonyl (C=O) groups excluding carboxylic acids is 1. The lowest BCUT2D eigenvalue weighted by atomic mass is 9.88. The maximum atomic E-state index is 12.0. The van der Waals surface area contributed by atoms with Crippen LogP contribution in [0.25, 0.3) is 0 Å². The van der Waals surface area contributed by atoms with E-state index in [2.05, 4.69) is 15.9 Å². The van der Waals surface area contributed by atoms with Crippen molar-refractivity contribution < 1.29 is 9.53 Å².